The highest BCUT2D eigenvalue weighted by molar-refractivity contribution is 6.32. The molecule has 1 atom stereocenters. The molecule has 23 heavy (non-hydrogen) atoms. The molecule has 1 aromatic rings. The number of nitrogens with zero attached hydrogens (tertiary/aromatic N) is 1. The molecule has 2 N–H and O–H groups in total. The van der Waals surface area contributed by atoms with E-state index >= 15 is 0 Å². The number of ether oxygens (including phenoxy) is 2. The number of hydrogen-bond donors (Lipinski definition) is 1. The maximum absolute atomic E-state index is 12.1. The lowest BCUT2D eigenvalue weighted by Crippen LogP contribution is -2.30. The summed E-state index contributed by atoms with van der Waals surface area (Å²) in [6, 6.07) is 3.62. The highest BCUT2D eigenvalue weighted by atomic mass is 35.5. The quantitative estimate of drug-likeness (QED) is 0.838. The van der Waals surface area contributed by atoms with Gasteiger partial charge >= 0.3 is 0 Å². The van der Waals surface area contributed by atoms with Crippen molar-refractivity contribution in [3.63, 3.8) is 0 Å². The van der Waals surface area contributed by atoms with Crippen LogP contribution in [-0.2, 0) is 4.79 Å². The number of carbonyl (C=O) groups excluding carboxylic acids is 1. The first-order valence-corrected chi connectivity index (χ1v) is 8.05. The molecule has 1 fully saturated rings. The van der Waals surface area contributed by atoms with E-state index in [2.05, 4.69) is 0 Å². The molecule has 0 radical (unpaired) electrons. The van der Waals surface area contributed by atoms with Crippen LogP contribution in [0, 0.1) is 0 Å². The van der Waals surface area contributed by atoms with E-state index < -0.39 is 0 Å². The third-order valence-electron chi connectivity index (χ3n) is 3.56. The Bertz CT molecular complexity index is 602. The van der Waals surface area contributed by atoms with Gasteiger partial charge in [-0.25, -0.2) is 0 Å². The summed E-state index contributed by atoms with van der Waals surface area (Å²) < 4.78 is 11.0. The second-order valence-electron chi connectivity index (χ2n) is 5.87. The topological polar surface area (TPSA) is 64.8 Å². The van der Waals surface area contributed by atoms with Gasteiger partial charge in [-0.05, 0) is 44.0 Å². The number of methoxy groups -OCH3 is 1. The Balaban J connectivity index is 2.15. The maximum atomic E-state index is 12.1. The largest absolute Gasteiger partial charge is 0.493 e. The summed E-state index contributed by atoms with van der Waals surface area (Å²) in [6.07, 6.45) is 4.09. The van der Waals surface area contributed by atoms with Gasteiger partial charge in [-0.1, -0.05) is 11.6 Å². The molecule has 0 unspecified atom stereocenters. The van der Waals surface area contributed by atoms with Crippen LogP contribution in [0.2, 0.25) is 5.02 Å². The normalized spacial score (nSPS) is 18.0. The molecule has 0 aromatic heterocycles. The second kappa shape index (κ2) is 7.70. The third kappa shape index (κ3) is 4.62. The Kier molecular flexibility index (Phi) is 5.91. The highest BCUT2D eigenvalue weighted by Gasteiger charge is 2.21. The number of nitrogens with two attached hydrogens (primary N) is 1. The third-order valence-corrected chi connectivity index (χ3v) is 3.84. The summed E-state index contributed by atoms with van der Waals surface area (Å²) in [5, 5.41) is 0.452. The lowest BCUT2D eigenvalue weighted by atomic mass is 10.1. The first-order valence-electron chi connectivity index (χ1n) is 7.67. The van der Waals surface area contributed by atoms with Crippen molar-refractivity contribution in [3.8, 4) is 11.5 Å². The zero-order chi connectivity index (χ0) is 17.0. The van der Waals surface area contributed by atoms with Crippen LogP contribution in [0.4, 0.5) is 0 Å². The van der Waals surface area contributed by atoms with Crippen LogP contribution in [0.15, 0.2) is 18.2 Å². The average molecular weight is 339 g/mol. The van der Waals surface area contributed by atoms with E-state index in [0.717, 1.165) is 12.0 Å². The Morgan fingerprint density at radius 2 is 2.22 bits per heavy atom. The fourth-order valence-electron chi connectivity index (χ4n) is 2.45. The minimum atomic E-state index is -0.0458. The predicted molar refractivity (Wildman–Crippen MR) is 92.0 cm³/mol. The molecule has 6 heteroatoms. The molecule has 2 rings (SSSR count). The predicted octanol–water partition coefficient (Wildman–Crippen LogP) is 2.71. The van der Waals surface area contributed by atoms with Gasteiger partial charge in [-0.2, -0.15) is 0 Å². The van der Waals surface area contributed by atoms with Gasteiger partial charge in [0.1, 0.15) is 0 Å². The van der Waals surface area contributed by atoms with Crippen molar-refractivity contribution in [2.24, 2.45) is 5.73 Å². The summed E-state index contributed by atoms with van der Waals surface area (Å²) >= 11 is 6.27. The Morgan fingerprint density at radius 3 is 2.78 bits per heavy atom. The van der Waals surface area contributed by atoms with Gasteiger partial charge in [0.05, 0.1) is 18.2 Å². The lowest BCUT2D eigenvalue weighted by molar-refractivity contribution is -0.124. The van der Waals surface area contributed by atoms with Gasteiger partial charge < -0.3 is 20.1 Å². The molecule has 0 saturated carbocycles. The van der Waals surface area contributed by atoms with Gasteiger partial charge in [0.15, 0.2) is 11.5 Å². The fourth-order valence-corrected chi connectivity index (χ4v) is 2.71. The van der Waals surface area contributed by atoms with E-state index in [1.807, 2.05) is 13.8 Å². The summed E-state index contributed by atoms with van der Waals surface area (Å²) in [6.45, 7) is 5.15. The average Bonchev–Trinajstić information content (AvgIpc) is 2.93. The Labute approximate surface area is 142 Å². The summed E-state index contributed by atoms with van der Waals surface area (Å²) in [5.74, 6) is 1.01. The minimum Gasteiger partial charge on any atom is -0.493 e. The number of rotatable bonds is 5. The molecule has 5 nitrogen and oxygen atoms in total. The van der Waals surface area contributed by atoms with E-state index in [4.69, 9.17) is 26.8 Å². The smallest absolute Gasteiger partial charge is 0.246 e. The van der Waals surface area contributed by atoms with Crippen LogP contribution in [0.3, 0.4) is 0 Å². The molecule has 1 amide bonds. The van der Waals surface area contributed by atoms with Gasteiger partial charge in [-0.3, -0.25) is 4.79 Å². The number of likely N-dealkylation sites (tertiary alicyclic amines) is 1. The fraction of sp³-hybridized carbons (Fsp3) is 0.471. The monoisotopic (exact) mass is 338 g/mol. The summed E-state index contributed by atoms with van der Waals surface area (Å²) in [7, 11) is 1.56. The van der Waals surface area contributed by atoms with E-state index in [0.29, 0.717) is 29.6 Å². The van der Waals surface area contributed by atoms with Crippen molar-refractivity contribution >= 4 is 23.6 Å². The van der Waals surface area contributed by atoms with Crippen LogP contribution in [-0.4, -0.2) is 43.2 Å². The van der Waals surface area contributed by atoms with Crippen molar-refractivity contribution in [2.45, 2.75) is 32.4 Å². The standard InChI is InChI=1S/C17H23ClN2O3/c1-11(2)23-17-14(18)8-12(9-15(17)22-3)4-5-16(21)20-7-6-13(19)10-20/h4-5,8-9,11,13H,6-7,10,19H2,1-3H3/b5-4+/t13-/m0/s1. The SMILES string of the molecule is COc1cc(/C=C/C(=O)N2CC[C@H](N)C2)cc(Cl)c1OC(C)C. The van der Waals surface area contributed by atoms with Crippen LogP contribution in [0.25, 0.3) is 6.08 Å². The van der Waals surface area contributed by atoms with Crippen molar-refractivity contribution in [1.82, 2.24) is 4.90 Å². The van der Waals surface area contributed by atoms with Crippen molar-refractivity contribution in [1.29, 1.82) is 0 Å². The minimum absolute atomic E-state index is 0.0104. The van der Waals surface area contributed by atoms with Crippen LogP contribution >= 0.6 is 11.6 Å². The second-order valence-corrected chi connectivity index (χ2v) is 6.27. The number of halogens is 1. The molecule has 0 aliphatic carbocycles. The number of carbonyl (C=O) groups is 1. The van der Waals surface area contributed by atoms with Gasteiger partial charge in [0.25, 0.3) is 0 Å². The molecule has 1 saturated heterocycles. The zero-order valence-corrected chi connectivity index (χ0v) is 14.5. The first-order chi connectivity index (χ1) is 10.9. The summed E-state index contributed by atoms with van der Waals surface area (Å²) in [5.41, 5.74) is 6.60. The van der Waals surface area contributed by atoms with Crippen molar-refractivity contribution in [3.05, 3.63) is 28.8 Å². The van der Waals surface area contributed by atoms with E-state index in [9.17, 15) is 4.79 Å². The first kappa shape index (κ1) is 17.6. The maximum Gasteiger partial charge on any atom is 0.246 e. The van der Waals surface area contributed by atoms with E-state index in [-0.39, 0.29) is 18.1 Å². The molecular formula is C17H23ClN2O3. The van der Waals surface area contributed by atoms with Crippen LogP contribution in [0.1, 0.15) is 25.8 Å². The van der Waals surface area contributed by atoms with Crippen LogP contribution in [0.5, 0.6) is 11.5 Å². The number of amides is 1. The Morgan fingerprint density at radius 1 is 1.48 bits per heavy atom. The number of benzene rings is 1. The van der Waals surface area contributed by atoms with Gasteiger partial charge in [0.2, 0.25) is 5.91 Å². The Hall–Kier alpha value is -1.72. The molecule has 1 aliphatic heterocycles. The summed E-state index contributed by atoms with van der Waals surface area (Å²) in [4.78, 5) is 13.9. The highest BCUT2D eigenvalue weighted by Crippen LogP contribution is 2.37. The molecule has 1 aliphatic rings. The zero-order valence-electron chi connectivity index (χ0n) is 13.7. The molecule has 1 heterocycles. The van der Waals surface area contributed by atoms with Crippen molar-refractivity contribution in [2.75, 3.05) is 20.2 Å². The lowest BCUT2D eigenvalue weighted by Gasteiger charge is -2.16. The number of hydrogen-bond acceptors (Lipinski definition) is 4. The van der Waals surface area contributed by atoms with E-state index in [1.54, 1.807) is 30.2 Å². The van der Waals surface area contributed by atoms with Crippen molar-refractivity contribution < 1.29 is 14.3 Å². The van der Waals surface area contributed by atoms with Gasteiger partial charge in [-0.15, -0.1) is 0 Å². The van der Waals surface area contributed by atoms with E-state index in [1.165, 1.54) is 6.08 Å². The molecule has 0 spiro atoms. The molecular weight excluding hydrogens is 316 g/mol. The molecule has 1 aromatic carbocycles. The van der Waals surface area contributed by atoms with Crippen LogP contribution < -0.4 is 15.2 Å². The van der Waals surface area contributed by atoms with Gasteiger partial charge in [0, 0.05) is 25.2 Å². The molecule has 126 valence electrons. The molecule has 0 bridgehead atoms.